The Balaban J connectivity index is 1.34. The smallest absolute Gasteiger partial charge is 0.274 e. The van der Waals surface area contributed by atoms with Gasteiger partial charge < -0.3 is 19.4 Å². The highest BCUT2D eigenvalue weighted by Crippen LogP contribution is 2.37. The molecule has 4 aromatic carbocycles. The molecule has 7 nitrogen and oxygen atoms in total. The Hall–Kier alpha value is -4.85. The number of aromatic nitrogens is 3. The molecule has 1 unspecified atom stereocenters. The first-order valence-electron chi connectivity index (χ1n) is 14.1. The molecule has 1 aliphatic rings. The normalized spacial score (nSPS) is 13.1. The number of carbonyl (C=O) groups excluding carboxylic acids is 1. The maximum Gasteiger partial charge on any atom is 0.274 e. The van der Waals surface area contributed by atoms with E-state index < -0.39 is 0 Å². The van der Waals surface area contributed by atoms with Crippen LogP contribution in [0.25, 0.3) is 22.0 Å². The van der Waals surface area contributed by atoms with Gasteiger partial charge in [0.15, 0.2) is 11.5 Å². The molecular formula is C35H26Cl2N4O3. The number of hydrogen-bond acceptors (Lipinski definition) is 5. The molecule has 0 saturated heterocycles. The van der Waals surface area contributed by atoms with Crippen molar-refractivity contribution < 1.29 is 14.3 Å². The molecule has 0 spiro atoms. The number of ether oxygens (including phenoxy) is 2. The summed E-state index contributed by atoms with van der Waals surface area (Å²) in [4.78, 5) is 22.7. The Kier molecular flexibility index (Phi) is 7.42. The zero-order valence-corrected chi connectivity index (χ0v) is 25.1. The molecule has 1 amide bonds. The molecule has 218 valence electrons. The predicted octanol–water partition coefficient (Wildman–Crippen LogP) is 8.15. The van der Waals surface area contributed by atoms with Gasteiger partial charge >= 0.3 is 0 Å². The first kappa shape index (κ1) is 28.0. The van der Waals surface area contributed by atoms with E-state index in [1.54, 1.807) is 24.5 Å². The number of amides is 1. The number of pyridine rings is 1. The van der Waals surface area contributed by atoms with E-state index in [4.69, 9.17) is 37.7 Å². The Morgan fingerprint density at radius 1 is 0.864 bits per heavy atom. The van der Waals surface area contributed by atoms with Crippen molar-refractivity contribution in [3.05, 3.63) is 136 Å². The van der Waals surface area contributed by atoms with E-state index in [-0.39, 0.29) is 17.5 Å². The molecular weight excluding hydrogens is 595 g/mol. The van der Waals surface area contributed by atoms with E-state index in [0.717, 1.165) is 33.3 Å². The third-order valence-electron chi connectivity index (χ3n) is 7.69. The fraction of sp³-hybridized carbons (Fsp3) is 0.114. The number of fused-ring (bicyclic) bond motifs is 2. The SMILES string of the molecule is Cn1cncc1C(c1ccc(Cl)cc1)c1ccc2nc(C(=O)Nc3ccc4c(c3)OCCO4)cc(-c3cccc(Cl)c3)c2c1. The highest BCUT2D eigenvalue weighted by Gasteiger charge is 2.22. The number of nitrogens with one attached hydrogen (secondary N) is 1. The van der Waals surface area contributed by atoms with Crippen molar-refractivity contribution in [3.8, 4) is 22.6 Å². The Morgan fingerprint density at radius 3 is 2.43 bits per heavy atom. The number of anilines is 1. The van der Waals surface area contributed by atoms with Gasteiger partial charge in [0.1, 0.15) is 18.9 Å². The highest BCUT2D eigenvalue weighted by molar-refractivity contribution is 6.31. The predicted molar refractivity (Wildman–Crippen MR) is 173 cm³/mol. The largest absolute Gasteiger partial charge is 0.486 e. The molecule has 0 saturated carbocycles. The lowest BCUT2D eigenvalue weighted by molar-refractivity contribution is 0.102. The van der Waals surface area contributed by atoms with E-state index in [1.807, 2.05) is 84.5 Å². The summed E-state index contributed by atoms with van der Waals surface area (Å²) in [6.07, 6.45) is 3.68. The van der Waals surface area contributed by atoms with Gasteiger partial charge in [-0.05, 0) is 76.9 Å². The van der Waals surface area contributed by atoms with Gasteiger partial charge in [-0.15, -0.1) is 0 Å². The Morgan fingerprint density at radius 2 is 1.66 bits per heavy atom. The zero-order chi connectivity index (χ0) is 30.2. The van der Waals surface area contributed by atoms with Crippen molar-refractivity contribution in [3.63, 3.8) is 0 Å². The zero-order valence-electron chi connectivity index (χ0n) is 23.6. The second kappa shape index (κ2) is 11.7. The molecule has 1 aliphatic heterocycles. The van der Waals surface area contributed by atoms with Gasteiger partial charge in [-0.1, -0.05) is 53.5 Å². The van der Waals surface area contributed by atoms with Crippen molar-refractivity contribution in [2.24, 2.45) is 7.05 Å². The van der Waals surface area contributed by atoms with Crippen LogP contribution in [0.1, 0.15) is 33.2 Å². The average Bonchev–Trinajstić information content (AvgIpc) is 3.46. The monoisotopic (exact) mass is 620 g/mol. The fourth-order valence-corrected chi connectivity index (χ4v) is 5.90. The van der Waals surface area contributed by atoms with Gasteiger partial charge in [0.05, 0.1) is 17.8 Å². The molecule has 1 N–H and O–H groups in total. The summed E-state index contributed by atoms with van der Waals surface area (Å²) in [6.45, 7) is 0.956. The van der Waals surface area contributed by atoms with Crippen LogP contribution in [-0.2, 0) is 7.05 Å². The minimum absolute atomic E-state index is 0.116. The van der Waals surface area contributed by atoms with E-state index in [2.05, 4.69) is 16.4 Å². The van der Waals surface area contributed by atoms with Gasteiger partial charge in [-0.3, -0.25) is 4.79 Å². The van der Waals surface area contributed by atoms with Crippen LogP contribution in [0.4, 0.5) is 5.69 Å². The Bertz CT molecular complexity index is 2020. The minimum atomic E-state index is -0.343. The van der Waals surface area contributed by atoms with E-state index >= 15 is 0 Å². The van der Waals surface area contributed by atoms with Crippen molar-refractivity contribution >= 4 is 45.7 Å². The highest BCUT2D eigenvalue weighted by atomic mass is 35.5. The van der Waals surface area contributed by atoms with Gasteiger partial charge in [0, 0.05) is 46.1 Å². The first-order valence-corrected chi connectivity index (χ1v) is 14.8. The van der Waals surface area contributed by atoms with Crippen LogP contribution in [0.5, 0.6) is 11.5 Å². The van der Waals surface area contributed by atoms with Crippen molar-refractivity contribution in [1.29, 1.82) is 0 Å². The molecule has 3 heterocycles. The number of halogens is 2. The standard InChI is InChI=1S/C35H26Cl2N4O3/c1-41-20-38-19-31(41)34(21-5-8-24(36)9-6-21)23-7-11-29-28(16-23)27(22-3-2-4-25(37)15-22)18-30(40-29)35(42)39-26-10-12-32-33(17-26)44-14-13-43-32/h2-12,15-20,34H,13-14H2,1H3,(H,39,42). The molecule has 0 aliphatic carbocycles. The lowest BCUT2D eigenvalue weighted by atomic mass is 9.87. The van der Waals surface area contributed by atoms with Crippen LogP contribution in [0, 0.1) is 0 Å². The van der Waals surface area contributed by atoms with Crippen molar-refractivity contribution in [1.82, 2.24) is 14.5 Å². The summed E-state index contributed by atoms with van der Waals surface area (Å²) in [5.41, 5.74) is 6.40. The fourth-order valence-electron chi connectivity index (χ4n) is 5.59. The lowest BCUT2D eigenvalue weighted by Gasteiger charge is -2.20. The summed E-state index contributed by atoms with van der Waals surface area (Å²) in [6, 6.07) is 28.7. The molecule has 2 aromatic heterocycles. The maximum atomic E-state index is 13.6. The minimum Gasteiger partial charge on any atom is -0.486 e. The average molecular weight is 622 g/mol. The van der Waals surface area contributed by atoms with Gasteiger partial charge in [0.25, 0.3) is 5.91 Å². The molecule has 0 fully saturated rings. The molecule has 6 aromatic rings. The summed E-state index contributed by atoms with van der Waals surface area (Å²) in [5, 5.41) is 5.12. The summed E-state index contributed by atoms with van der Waals surface area (Å²) < 4.78 is 13.3. The molecule has 0 radical (unpaired) electrons. The summed E-state index contributed by atoms with van der Waals surface area (Å²) in [7, 11) is 1.98. The summed E-state index contributed by atoms with van der Waals surface area (Å²) in [5.74, 6) is 0.788. The maximum absolute atomic E-state index is 13.6. The van der Waals surface area contributed by atoms with Gasteiger partial charge in [-0.25, -0.2) is 9.97 Å². The number of hydrogen-bond donors (Lipinski definition) is 1. The van der Waals surface area contributed by atoms with Crippen LogP contribution in [0.2, 0.25) is 10.0 Å². The molecule has 9 heteroatoms. The second-order valence-electron chi connectivity index (χ2n) is 10.6. The Labute approximate surface area is 264 Å². The lowest BCUT2D eigenvalue weighted by Crippen LogP contribution is -2.17. The third-order valence-corrected chi connectivity index (χ3v) is 8.17. The molecule has 0 bridgehead atoms. The quantitative estimate of drug-likeness (QED) is 0.203. The third kappa shape index (κ3) is 5.48. The summed E-state index contributed by atoms with van der Waals surface area (Å²) >= 11 is 12.7. The molecule has 7 rings (SSSR count). The van der Waals surface area contributed by atoms with Crippen molar-refractivity contribution in [2.75, 3.05) is 18.5 Å². The van der Waals surface area contributed by atoms with Crippen LogP contribution in [0.15, 0.2) is 104 Å². The first-order chi connectivity index (χ1) is 21.4. The van der Waals surface area contributed by atoms with Crippen LogP contribution < -0.4 is 14.8 Å². The van der Waals surface area contributed by atoms with Crippen molar-refractivity contribution in [2.45, 2.75) is 5.92 Å². The van der Waals surface area contributed by atoms with Gasteiger partial charge in [0.2, 0.25) is 0 Å². The number of aryl methyl sites for hydroxylation is 1. The second-order valence-corrected chi connectivity index (χ2v) is 11.4. The van der Waals surface area contributed by atoms with Gasteiger partial charge in [-0.2, -0.15) is 0 Å². The van der Waals surface area contributed by atoms with Crippen LogP contribution in [-0.4, -0.2) is 33.7 Å². The van der Waals surface area contributed by atoms with E-state index in [1.165, 1.54) is 0 Å². The number of nitrogens with zero attached hydrogens (tertiary/aromatic N) is 3. The molecule has 44 heavy (non-hydrogen) atoms. The number of carbonyl (C=O) groups is 1. The number of benzene rings is 4. The number of rotatable bonds is 6. The number of imidazole rings is 1. The van der Waals surface area contributed by atoms with E-state index in [0.29, 0.717) is 46.0 Å². The topological polar surface area (TPSA) is 78.3 Å². The molecule has 1 atom stereocenters. The van der Waals surface area contributed by atoms with Crippen LogP contribution >= 0.6 is 23.2 Å². The van der Waals surface area contributed by atoms with Crippen LogP contribution in [0.3, 0.4) is 0 Å². The van der Waals surface area contributed by atoms with E-state index in [9.17, 15) is 4.79 Å².